The Bertz CT molecular complexity index is 920. The van der Waals surface area contributed by atoms with Crippen LogP contribution < -0.4 is 0 Å². The molecule has 1 amide bonds. The molecule has 0 radical (unpaired) electrons. The number of hydrogen-bond acceptors (Lipinski definition) is 3. The standard InChI is InChI=1S/C19H14ClFN2O2/c20-14-5-1-13(2-6-14)19(24)23-10-9-17-16(11-23)18(25-22-17)12-3-7-15(21)8-4-12/h1-8H,9-11H2. The van der Waals surface area contributed by atoms with Gasteiger partial charge in [-0.3, -0.25) is 4.79 Å². The van der Waals surface area contributed by atoms with Crippen molar-refractivity contribution in [2.24, 2.45) is 0 Å². The monoisotopic (exact) mass is 356 g/mol. The molecule has 4 nitrogen and oxygen atoms in total. The number of carbonyl (C=O) groups excluding carboxylic acids is 1. The molecule has 2 aromatic carbocycles. The van der Waals surface area contributed by atoms with Gasteiger partial charge in [-0.1, -0.05) is 16.8 Å². The Morgan fingerprint density at radius 1 is 1.12 bits per heavy atom. The van der Waals surface area contributed by atoms with Crippen LogP contribution in [0.4, 0.5) is 4.39 Å². The summed E-state index contributed by atoms with van der Waals surface area (Å²) in [4.78, 5) is 14.5. The number of carbonyl (C=O) groups is 1. The smallest absolute Gasteiger partial charge is 0.254 e. The van der Waals surface area contributed by atoms with Crippen molar-refractivity contribution in [3.63, 3.8) is 0 Å². The molecule has 0 saturated carbocycles. The summed E-state index contributed by atoms with van der Waals surface area (Å²) >= 11 is 5.88. The Morgan fingerprint density at radius 3 is 2.56 bits per heavy atom. The van der Waals surface area contributed by atoms with Crippen molar-refractivity contribution in [1.82, 2.24) is 10.1 Å². The number of aromatic nitrogens is 1. The van der Waals surface area contributed by atoms with E-state index >= 15 is 0 Å². The molecule has 25 heavy (non-hydrogen) atoms. The minimum atomic E-state index is -0.309. The third-order valence-corrected chi connectivity index (χ3v) is 4.57. The summed E-state index contributed by atoms with van der Waals surface area (Å²) in [5.74, 6) is 0.217. The number of fused-ring (bicyclic) bond motifs is 1. The molecule has 1 aliphatic rings. The van der Waals surface area contributed by atoms with Gasteiger partial charge in [-0.2, -0.15) is 0 Å². The van der Waals surface area contributed by atoms with E-state index in [1.165, 1.54) is 12.1 Å². The van der Waals surface area contributed by atoms with E-state index in [1.807, 2.05) is 0 Å². The van der Waals surface area contributed by atoms with Crippen LogP contribution in [0.5, 0.6) is 0 Å². The van der Waals surface area contributed by atoms with Crippen LogP contribution in [0.25, 0.3) is 11.3 Å². The zero-order valence-corrected chi connectivity index (χ0v) is 14.0. The topological polar surface area (TPSA) is 46.3 Å². The van der Waals surface area contributed by atoms with Crippen molar-refractivity contribution in [3.8, 4) is 11.3 Å². The first-order valence-corrected chi connectivity index (χ1v) is 8.28. The Balaban J connectivity index is 1.62. The van der Waals surface area contributed by atoms with Gasteiger partial charge in [0, 0.05) is 34.7 Å². The van der Waals surface area contributed by atoms with Gasteiger partial charge < -0.3 is 9.42 Å². The van der Waals surface area contributed by atoms with Gasteiger partial charge in [0.25, 0.3) is 5.91 Å². The first kappa shape index (κ1) is 15.8. The summed E-state index contributed by atoms with van der Waals surface area (Å²) in [6.07, 6.45) is 0.624. The predicted molar refractivity (Wildman–Crippen MR) is 91.8 cm³/mol. The summed E-state index contributed by atoms with van der Waals surface area (Å²) in [5.41, 5.74) is 3.06. The summed E-state index contributed by atoms with van der Waals surface area (Å²) in [5, 5.41) is 4.70. The normalized spacial score (nSPS) is 13.6. The maximum atomic E-state index is 13.1. The largest absolute Gasteiger partial charge is 0.356 e. The highest BCUT2D eigenvalue weighted by atomic mass is 35.5. The molecule has 1 aliphatic heterocycles. The second-order valence-electron chi connectivity index (χ2n) is 5.93. The maximum Gasteiger partial charge on any atom is 0.254 e. The van der Waals surface area contributed by atoms with Crippen LogP contribution in [0.15, 0.2) is 53.1 Å². The van der Waals surface area contributed by atoms with Crippen LogP contribution in [0, 0.1) is 5.82 Å². The van der Waals surface area contributed by atoms with Gasteiger partial charge in [0.05, 0.1) is 12.2 Å². The van der Waals surface area contributed by atoms with Crippen molar-refractivity contribution in [1.29, 1.82) is 0 Å². The van der Waals surface area contributed by atoms with Crippen LogP contribution in [0.3, 0.4) is 0 Å². The molecule has 0 atom stereocenters. The van der Waals surface area contributed by atoms with Crippen molar-refractivity contribution >= 4 is 17.5 Å². The zero-order valence-electron chi connectivity index (χ0n) is 13.2. The van der Waals surface area contributed by atoms with Gasteiger partial charge in [-0.15, -0.1) is 0 Å². The van der Waals surface area contributed by atoms with Gasteiger partial charge in [0.2, 0.25) is 0 Å². The minimum absolute atomic E-state index is 0.0615. The second-order valence-corrected chi connectivity index (χ2v) is 6.36. The average Bonchev–Trinajstić information content (AvgIpc) is 3.05. The quantitative estimate of drug-likeness (QED) is 0.686. The highest BCUT2D eigenvalue weighted by molar-refractivity contribution is 6.30. The zero-order chi connectivity index (χ0) is 17.4. The van der Waals surface area contributed by atoms with E-state index in [0.717, 1.165) is 16.8 Å². The molecule has 4 rings (SSSR count). The van der Waals surface area contributed by atoms with Crippen LogP contribution in [-0.4, -0.2) is 22.5 Å². The molecule has 0 spiro atoms. The van der Waals surface area contributed by atoms with E-state index in [4.69, 9.17) is 16.1 Å². The fraction of sp³-hybridized carbons (Fsp3) is 0.158. The first-order chi connectivity index (χ1) is 12.1. The molecule has 0 bridgehead atoms. The molecule has 0 unspecified atom stereocenters. The van der Waals surface area contributed by atoms with Gasteiger partial charge in [0.1, 0.15) is 5.82 Å². The average molecular weight is 357 g/mol. The molecular weight excluding hydrogens is 343 g/mol. The van der Waals surface area contributed by atoms with E-state index in [2.05, 4.69) is 5.16 Å². The Hall–Kier alpha value is -2.66. The fourth-order valence-corrected chi connectivity index (χ4v) is 3.11. The SMILES string of the molecule is O=C(c1ccc(Cl)cc1)N1CCc2noc(-c3ccc(F)cc3)c2C1. The third kappa shape index (κ3) is 3.03. The van der Waals surface area contributed by atoms with Crippen molar-refractivity contribution in [3.05, 3.63) is 76.2 Å². The third-order valence-electron chi connectivity index (χ3n) is 4.32. The molecule has 126 valence electrons. The molecule has 0 saturated heterocycles. The lowest BCUT2D eigenvalue weighted by Crippen LogP contribution is -2.35. The highest BCUT2D eigenvalue weighted by Crippen LogP contribution is 2.31. The summed E-state index contributed by atoms with van der Waals surface area (Å²) in [7, 11) is 0. The Kier molecular flexibility index (Phi) is 4.01. The number of rotatable bonds is 2. The number of amides is 1. The van der Waals surface area contributed by atoms with Gasteiger partial charge in [0.15, 0.2) is 5.76 Å². The van der Waals surface area contributed by atoms with E-state index in [9.17, 15) is 9.18 Å². The number of nitrogens with zero attached hydrogens (tertiary/aromatic N) is 2. The van der Waals surface area contributed by atoms with Crippen LogP contribution >= 0.6 is 11.6 Å². The second kappa shape index (κ2) is 6.33. The fourth-order valence-electron chi connectivity index (χ4n) is 2.99. The first-order valence-electron chi connectivity index (χ1n) is 7.90. The van der Waals surface area contributed by atoms with Gasteiger partial charge in [-0.25, -0.2) is 4.39 Å². The molecular formula is C19H14ClFN2O2. The molecule has 6 heteroatoms. The van der Waals surface area contributed by atoms with Crippen LogP contribution in [0.1, 0.15) is 21.6 Å². The minimum Gasteiger partial charge on any atom is -0.356 e. The Labute approximate surface area is 148 Å². The predicted octanol–water partition coefficient (Wildman–Crippen LogP) is 4.33. The van der Waals surface area contributed by atoms with E-state index in [1.54, 1.807) is 41.3 Å². The van der Waals surface area contributed by atoms with Crippen LogP contribution in [0.2, 0.25) is 5.02 Å². The molecule has 2 heterocycles. The lowest BCUT2D eigenvalue weighted by Gasteiger charge is -2.26. The number of benzene rings is 2. The molecule has 3 aromatic rings. The lowest BCUT2D eigenvalue weighted by molar-refractivity contribution is 0.0734. The highest BCUT2D eigenvalue weighted by Gasteiger charge is 2.28. The van der Waals surface area contributed by atoms with E-state index in [0.29, 0.717) is 35.9 Å². The van der Waals surface area contributed by atoms with Gasteiger partial charge in [-0.05, 0) is 48.5 Å². The lowest BCUT2D eigenvalue weighted by atomic mass is 10.0. The summed E-state index contributed by atoms with van der Waals surface area (Å²) in [6.45, 7) is 0.983. The maximum absolute atomic E-state index is 13.1. The van der Waals surface area contributed by atoms with Crippen molar-refractivity contribution in [2.45, 2.75) is 13.0 Å². The molecule has 1 aromatic heterocycles. The molecule has 0 N–H and O–H groups in total. The van der Waals surface area contributed by atoms with Crippen LogP contribution in [-0.2, 0) is 13.0 Å². The molecule has 0 aliphatic carbocycles. The van der Waals surface area contributed by atoms with Gasteiger partial charge >= 0.3 is 0 Å². The Morgan fingerprint density at radius 2 is 1.84 bits per heavy atom. The van der Waals surface area contributed by atoms with Crippen molar-refractivity contribution in [2.75, 3.05) is 6.54 Å². The number of halogens is 2. The van der Waals surface area contributed by atoms with Crippen molar-refractivity contribution < 1.29 is 13.7 Å². The van der Waals surface area contributed by atoms with E-state index < -0.39 is 0 Å². The summed E-state index contributed by atoms with van der Waals surface area (Å²) < 4.78 is 18.6. The number of hydrogen-bond donors (Lipinski definition) is 0. The summed E-state index contributed by atoms with van der Waals surface area (Å²) in [6, 6.07) is 12.9. The van der Waals surface area contributed by atoms with E-state index in [-0.39, 0.29) is 11.7 Å². The molecule has 0 fully saturated rings.